The lowest BCUT2D eigenvalue weighted by molar-refractivity contribution is -0.122. The summed E-state index contributed by atoms with van der Waals surface area (Å²) in [6, 6.07) is 8.89. The minimum atomic E-state index is -0.250. The maximum absolute atomic E-state index is 8.36. The van der Waals surface area contributed by atoms with Gasteiger partial charge in [-0.05, 0) is 30.0 Å². The molecule has 0 spiro atoms. The van der Waals surface area contributed by atoms with Crippen LogP contribution in [0.15, 0.2) is 24.3 Å². The third-order valence-corrected chi connectivity index (χ3v) is 3.94. The summed E-state index contributed by atoms with van der Waals surface area (Å²) in [5.74, 6) is 0.622. The van der Waals surface area contributed by atoms with Gasteiger partial charge in [0.25, 0.3) is 6.47 Å². The van der Waals surface area contributed by atoms with E-state index in [4.69, 9.17) is 9.90 Å². The second kappa shape index (κ2) is 15.4. The number of unbranched alkanes of at least 4 members (excludes halogenated alkanes) is 7. The van der Waals surface area contributed by atoms with Crippen molar-refractivity contribution in [1.82, 2.24) is 0 Å². The molecule has 132 valence electrons. The summed E-state index contributed by atoms with van der Waals surface area (Å²) in [7, 11) is 0. The Morgan fingerprint density at radius 2 is 1.43 bits per heavy atom. The van der Waals surface area contributed by atoms with Gasteiger partial charge in [-0.25, -0.2) is 0 Å². The second-order valence-electron chi connectivity index (χ2n) is 6.28. The molecule has 0 unspecified atom stereocenters. The first-order valence-electron chi connectivity index (χ1n) is 9.07. The molecule has 1 aromatic carbocycles. The Kier molecular flexibility index (Phi) is 14.4. The Morgan fingerprint density at radius 3 is 1.91 bits per heavy atom. The van der Waals surface area contributed by atoms with Crippen LogP contribution in [0.2, 0.25) is 0 Å². The number of hydrogen-bond acceptors (Lipinski definition) is 2. The van der Waals surface area contributed by atoms with Crippen molar-refractivity contribution in [2.75, 3.05) is 11.9 Å². The monoisotopic (exact) mass is 321 g/mol. The van der Waals surface area contributed by atoms with Crippen LogP contribution in [0.4, 0.5) is 5.69 Å². The molecule has 1 rings (SSSR count). The smallest absolute Gasteiger partial charge is 0.290 e. The molecule has 0 radical (unpaired) electrons. The number of carbonyl (C=O) groups is 1. The predicted molar refractivity (Wildman–Crippen MR) is 100 cm³/mol. The van der Waals surface area contributed by atoms with Gasteiger partial charge in [0, 0.05) is 12.2 Å². The van der Waals surface area contributed by atoms with Crippen molar-refractivity contribution in [2.24, 2.45) is 0 Å². The largest absolute Gasteiger partial charge is 0.483 e. The normalized spacial score (nSPS) is 10.1. The SMILES string of the molecule is CCCCCCCCCCNc1ccc(C(C)C)cc1.O=CO. The lowest BCUT2D eigenvalue weighted by Gasteiger charge is -2.09. The number of anilines is 1. The van der Waals surface area contributed by atoms with Crippen LogP contribution in [0.1, 0.15) is 83.6 Å². The van der Waals surface area contributed by atoms with Crippen LogP contribution in [-0.2, 0) is 4.79 Å². The van der Waals surface area contributed by atoms with E-state index in [2.05, 4.69) is 50.4 Å². The fourth-order valence-corrected chi connectivity index (χ4v) is 2.48. The van der Waals surface area contributed by atoms with Crippen LogP contribution in [0.3, 0.4) is 0 Å². The van der Waals surface area contributed by atoms with Gasteiger partial charge < -0.3 is 10.4 Å². The highest BCUT2D eigenvalue weighted by Crippen LogP contribution is 2.17. The Bertz CT molecular complexity index is 374. The van der Waals surface area contributed by atoms with Crippen LogP contribution >= 0.6 is 0 Å². The molecule has 0 aliphatic rings. The summed E-state index contributed by atoms with van der Waals surface area (Å²) < 4.78 is 0. The number of rotatable bonds is 11. The van der Waals surface area contributed by atoms with Gasteiger partial charge in [0.1, 0.15) is 0 Å². The minimum absolute atomic E-state index is 0.250. The molecule has 0 fully saturated rings. The van der Waals surface area contributed by atoms with Crippen molar-refractivity contribution < 1.29 is 9.90 Å². The average molecular weight is 322 g/mol. The van der Waals surface area contributed by atoms with E-state index < -0.39 is 0 Å². The van der Waals surface area contributed by atoms with Gasteiger partial charge in [0.2, 0.25) is 0 Å². The molecule has 0 aliphatic heterocycles. The zero-order valence-corrected chi connectivity index (χ0v) is 15.2. The van der Waals surface area contributed by atoms with Gasteiger partial charge in [-0.1, -0.05) is 77.8 Å². The number of benzene rings is 1. The van der Waals surface area contributed by atoms with Gasteiger partial charge in [-0.2, -0.15) is 0 Å². The van der Waals surface area contributed by atoms with E-state index in [0.29, 0.717) is 5.92 Å². The van der Waals surface area contributed by atoms with Crippen LogP contribution in [-0.4, -0.2) is 18.1 Å². The van der Waals surface area contributed by atoms with Crippen molar-refractivity contribution in [2.45, 2.75) is 78.1 Å². The van der Waals surface area contributed by atoms with Gasteiger partial charge in [-0.15, -0.1) is 0 Å². The van der Waals surface area contributed by atoms with Crippen molar-refractivity contribution in [3.05, 3.63) is 29.8 Å². The van der Waals surface area contributed by atoms with Crippen molar-refractivity contribution in [3.8, 4) is 0 Å². The first kappa shape index (κ1) is 21.5. The topological polar surface area (TPSA) is 49.3 Å². The molecule has 0 aliphatic carbocycles. The Hall–Kier alpha value is -1.51. The van der Waals surface area contributed by atoms with E-state index in [-0.39, 0.29) is 6.47 Å². The molecule has 2 N–H and O–H groups in total. The van der Waals surface area contributed by atoms with Crippen LogP contribution in [0, 0.1) is 0 Å². The summed E-state index contributed by atoms with van der Waals surface area (Å²) >= 11 is 0. The lowest BCUT2D eigenvalue weighted by Crippen LogP contribution is -2.01. The highest BCUT2D eigenvalue weighted by molar-refractivity contribution is 5.44. The molecule has 0 saturated heterocycles. The van der Waals surface area contributed by atoms with E-state index in [9.17, 15) is 0 Å². The van der Waals surface area contributed by atoms with Crippen LogP contribution < -0.4 is 5.32 Å². The third-order valence-electron chi connectivity index (χ3n) is 3.94. The molecule has 1 aromatic rings. The average Bonchev–Trinajstić information content (AvgIpc) is 2.54. The zero-order chi connectivity index (χ0) is 17.3. The minimum Gasteiger partial charge on any atom is -0.483 e. The summed E-state index contributed by atoms with van der Waals surface area (Å²) in [5, 5.41) is 10.4. The van der Waals surface area contributed by atoms with E-state index in [1.54, 1.807) is 0 Å². The maximum Gasteiger partial charge on any atom is 0.290 e. The fourth-order valence-electron chi connectivity index (χ4n) is 2.48. The number of hydrogen-bond donors (Lipinski definition) is 2. The highest BCUT2D eigenvalue weighted by atomic mass is 16.3. The lowest BCUT2D eigenvalue weighted by atomic mass is 10.0. The molecule has 0 aromatic heterocycles. The van der Waals surface area contributed by atoms with Crippen LogP contribution in [0.5, 0.6) is 0 Å². The van der Waals surface area contributed by atoms with E-state index in [0.717, 1.165) is 6.54 Å². The Balaban J connectivity index is 0.00000149. The van der Waals surface area contributed by atoms with Gasteiger partial charge in [0.15, 0.2) is 0 Å². The number of carboxylic acid groups (broad SMARTS) is 1. The zero-order valence-electron chi connectivity index (χ0n) is 15.2. The molecule has 0 atom stereocenters. The van der Waals surface area contributed by atoms with Crippen molar-refractivity contribution in [3.63, 3.8) is 0 Å². The van der Waals surface area contributed by atoms with E-state index in [1.807, 2.05) is 0 Å². The molecule has 0 bridgehead atoms. The summed E-state index contributed by atoms with van der Waals surface area (Å²) in [5.41, 5.74) is 2.68. The first-order valence-corrected chi connectivity index (χ1v) is 9.07. The summed E-state index contributed by atoms with van der Waals surface area (Å²) in [6.45, 7) is 7.61. The molecule has 0 amide bonds. The van der Waals surface area contributed by atoms with E-state index in [1.165, 1.54) is 62.6 Å². The fraction of sp³-hybridized carbons (Fsp3) is 0.650. The van der Waals surface area contributed by atoms with E-state index >= 15 is 0 Å². The van der Waals surface area contributed by atoms with Crippen molar-refractivity contribution in [1.29, 1.82) is 0 Å². The molecule has 0 heterocycles. The first-order chi connectivity index (χ1) is 11.2. The Labute approximate surface area is 142 Å². The predicted octanol–water partition coefficient (Wildman–Crippen LogP) is 6.06. The van der Waals surface area contributed by atoms with Crippen molar-refractivity contribution >= 4 is 12.2 Å². The Morgan fingerprint density at radius 1 is 0.957 bits per heavy atom. The standard InChI is InChI=1S/C19H33N.CH2O2/c1-4-5-6-7-8-9-10-11-16-20-19-14-12-18(13-15-19)17(2)3;2-1-3/h12-15,17,20H,4-11,16H2,1-3H3;1H,(H,2,3). The second-order valence-corrected chi connectivity index (χ2v) is 6.28. The maximum atomic E-state index is 8.36. The quantitative estimate of drug-likeness (QED) is 0.384. The third kappa shape index (κ3) is 12.7. The van der Waals surface area contributed by atoms with Gasteiger partial charge >= 0.3 is 0 Å². The molecular weight excluding hydrogens is 286 g/mol. The summed E-state index contributed by atoms with van der Waals surface area (Å²) in [6.07, 6.45) is 11.1. The number of nitrogens with one attached hydrogen (secondary N) is 1. The van der Waals surface area contributed by atoms with Gasteiger partial charge in [0.05, 0.1) is 0 Å². The molecule has 23 heavy (non-hydrogen) atoms. The summed E-state index contributed by atoms with van der Waals surface area (Å²) in [4.78, 5) is 8.36. The molecule has 0 saturated carbocycles. The molecular formula is C20H35NO2. The molecule has 3 heteroatoms. The van der Waals surface area contributed by atoms with Crippen LogP contribution in [0.25, 0.3) is 0 Å². The highest BCUT2D eigenvalue weighted by Gasteiger charge is 1.98. The van der Waals surface area contributed by atoms with Gasteiger partial charge in [-0.3, -0.25) is 4.79 Å². The molecule has 3 nitrogen and oxygen atoms in total.